The second kappa shape index (κ2) is 14.3. The van der Waals surface area contributed by atoms with E-state index in [1.807, 2.05) is 69.3 Å². The van der Waals surface area contributed by atoms with Crippen LogP contribution < -0.4 is 10.6 Å². The van der Waals surface area contributed by atoms with E-state index in [1.54, 1.807) is 32.6 Å². The van der Waals surface area contributed by atoms with E-state index in [9.17, 15) is 19.2 Å². The van der Waals surface area contributed by atoms with E-state index < -0.39 is 35.7 Å². The van der Waals surface area contributed by atoms with E-state index in [-0.39, 0.29) is 43.9 Å². The predicted octanol–water partition coefficient (Wildman–Crippen LogP) is 4.79. The first-order valence-electron chi connectivity index (χ1n) is 14.7. The smallest absolute Gasteiger partial charge is 0.408 e. The number of ether oxygens (including phenoxy) is 2. The molecule has 9 heteroatoms. The normalized spacial score (nSPS) is 17.4. The van der Waals surface area contributed by atoms with Crippen molar-refractivity contribution in [1.82, 2.24) is 15.5 Å². The van der Waals surface area contributed by atoms with E-state index in [0.717, 1.165) is 23.1 Å². The van der Waals surface area contributed by atoms with Gasteiger partial charge >= 0.3 is 12.1 Å². The summed E-state index contributed by atoms with van der Waals surface area (Å²) in [5.74, 6) is -0.996. The third-order valence-electron chi connectivity index (χ3n) is 7.14. The molecule has 0 heterocycles. The molecule has 1 saturated carbocycles. The molecule has 4 atom stereocenters. The van der Waals surface area contributed by atoms with E-state index in [1.165, 1.54) is 0 Å². The summed E-state index contributed by atoms with van der Waals surface area (Å²) < 4.78 is 10.5. The quantitative estimate of drug-likeness (QED) is 0.350. The van der Waals surface area contributed by atoms with E-state index in [2.05, 4.69) is 10.6 Å². The van der Waals surface area contributed by atoms with Gasteiger partial charge in [0.05, 0.1) is 13.0 Å². The minimum Gasteiger partial charge on any atom is -0.466 e. The molecule has 0 spiro atoms. The fourth-order valence-corrected chi connectivity index (χ4v) is 4.94. The summed E-state index contributed by atoms with van der Waals surface area (Å²) in [6.07, 6.45) is 0.264. The van der Waals surface area contributed by atoms with Crippen LogP contribution in [-0.4, -0.2) is 59.6 Å². The molecule has 2 aromatic rings. The number of hydrogen-bond donors (Lipinski definition) is 2. The molecule has 2 N–H and O–H groups in total. The first kappa shape index (κ1) is 32.6. The van der Waals surface area contributed by atoms with Crippen molar-refractivity contribution in [3.05, 3.63) is 70.8 Å². The van der Waals surface area contributed by atoms with Crippen LogP contribution >= 0.6 is 0 Å². The number of carbonyl (C=O) groups excluding carboxylic acids is 4. The average molecular weight is 580 g/mol. The van der Waals surface area contributed by atoms with Crippen molar-refractivity contribution in [2.75, 3.05) is 13.2 Å². The van der Waals surface area contributed by atoms with Gasteiger partial charge < -0.3 is 25.0 Å². The zero-order chi connectivity index (χ0) is 31.0. The number of alkyl carbamates (subject to hydrolysis) is 1. The van der Waals surface area contributed by atoms with Gasteiger partial charge in [0.15, 0.2) is 0 Å². The topological polar surface area (TPSA) is 114 Å². The summed E-state index contributed by atoms with van der Waals surface area (Å²) in [7, 11) is 0. The molecule has 3 rings (SSSR count). The molecule has 1 aliphatic rings. The highest BCUT2D eigenvalue weighted by Gasteiger charge is 2.48. The standard InChI is InChI=1S/C33H45N3O6/c1-8-41-28(37)16-17-34-30(38)29(25-18-21(2)14-15-22(25)3)36(27-19-23(27)4)31(39)26(20-24-12-10-9-11-13-24)35-32(40)42-33(5,6)7/h9-15,18,23,26-27,29H,8,16-17,19-20H2,1-7H3,(H,34,38)(H,35,40). The van der Waals surface area contributed by atoms with Crippen molar-refractivity contribution in [2.45, 2.75) is 91.5 Å². The Balaban J connectivity index is 2.02. The molecule has 1 fully saturated rings. The Hall–Kier alpha value is -3.88. The lowest BCUT2D eigenvalue weighted by Crippen LogP contribution is -2.55. The molecule has 1 aliphatic carbocycles. The monoisotopic (exact) mass is 579 g/mol. The van der Waals surface area contributed by atoms with Crippen molar-refractivity contribution in [1.29, 1.82) is 0 Å². The molecule has 42 heavy (non-hydrogen) atoms. The van der Waals surface area contributed by atoms with Crippen molar-refractivity contribution >= 4 is 23.9 Å². The Morgan fingerprint density at radius 2 is 1.71 bits per heavy atom. The highest BCUT2D eigenvalue weighted by Crippen LogP contribution is 2.41. The maximum Gasteiger partial charge on any atom is 0.408 e. The van der Waals surface area contributed by atoms with Crippen molar-refractivity contribution in [3.63, 3.8) is 0 Å². The Bertz CT molecular complexity index is 1260. The largest absolute Gasteiger partial charge is 0.466 e. The number of amides is 3. The summed E-state index contributed by atoms with van der Waals surface area (Å²) in [5.41, 5.74) is 2.61. The lowest BCUT2D eigenvalue weighted by molar-refractivity contribution is -0.145. The average Bonchev–Trinajstić information content (AvgIpc) is 3.63. The molecule has 0 bridgehead atoms. The van der Waals surface area contributed by atoms with Gasteiger partial charge in [0, 0.05) is 19.0 Å². The third-order valence-corrected chi connectivity index (χ3v) is 7.14. The van der Waals surface area contributed by atoms with Crippen molar-refractivity contribution in [3.8, 4) is 0 Å². The fourth-order valence-electron chi connectivity index (χ4n) is 4.94. The minimum atomic E-state index is -0.977. The maximum atomic E-state index is 14.6. The summed E-state index contributed by atoms with van der Waals surface area (Å²) in [5, 5.41) is 5.66. The van der Waals surface area contributed by atoms with Gasteiger partial charge in [-0.3, -0.25) is 14.4 Å². The van der Waals surface area contributed by atoms with Crippen LogP contribution in [0.1, 0.15) is 75.8 Å². The van der Waals surface area contributed by atoms with Crippen LogP contribution in [0.3, 0.4) is 0 Å². The van der Waals surface area contributed by atoms with E-state index in [4.69, 9.17) is 9.47 Å². The molecule has 3 amide bonds. The van der Waals surface area contributed by atoms with Gasteiger partial charge in [-0.15, -0.1) is 0 Å². The molecule has 0 saturated heterocycles. The number of nitrogens with zero attached hydrogens (tertiary/aromatic N) is 1. The van der Waals surface area contributed by atoms with Gasteiger partial charge in [-0.1, -0.05) is 61.0 Å². The Morgan fingerprint density at radius 3 is 2.31 bits per heavy atom. The van der Waals surface area contributed by atoms with Gasteiger partial charge in [-0.2, -0.15) is 0 Å². The van der Waals surface area contributed by atoms with Crippen LogP contribution in [0.2, 0.25) is 0 Å². The predicted molar refractivity (Wildman–Crippen MR) is 161 cm³/mol. The van der Waals surface area contributed by atoms with Crippen LogP contribution in [-0.2, 0) is 30.3 Å². The highest BCUT2D eigenvalue weighted by atomic mass is 16.6. The molecule has 0 aromatic heterocycles. The SMILES string of the molecule is CCOC(=O)CCNC(=O)C(c1cc(C)ccc1C)N(C(=O)C(Cc1ccccc1)NC(=O)OC(C)(C)C)C1CC1C. The summed E-state index contributed by atoms with van der Waals surface area (Å²) in [4.78, 5) is 55.0. The summed E-state index contributed by atoms with van der Waals surface area (Å²) in [6.45, 7) is 13.2. The zero-order valence-electron chi connectivity index (χ0n) is 25.9. The van der Waals surface area contributed by atoms with Gasteiger partial charge in [0.1, 0.15) is 17.7 Å². The number of benzene rings is 2. The van der Waals surface area contributed by atoms with E-state index in [0.29, 0.717) is 5.56 Å². The first-order valence-corrected chi connectivity index (χ1v) is 14.7. The molecular weight excluding hydrogens is 534 g/mol. The second-order valence-corrected chi connectivity index (χ2v) is 12.0. The van der Waals surface area contributed by atoms with Crippen molar-refractivity contribution in [2.24, 2.45) is 5.92 Å². The lowest BCUT2D eigenvalue weighted by Gasteiger charge is -2.36. The van der Waals surface area contributed by atoms with Crippen LogP contribution in [0, 0.1) is 19.8 Å². The van der Waals surface area contributed by atoms with Gasteiger partial charge in [-0.05, 0) is 70.6 Å². The van der Waals surface area contributed by atoms with Gasteiger partial charge in [0.2, 0.25) is 11.8 Å². The van der Waals surface area contributed by atoms with Crippen LogP contribution in [0.15, 0.2) is 48.5 Å². The Morgan fingerprint density at radius 1 is 1.05 bits per heavy atom. The second-order valence-electron chi connectivity index (χ2n) is 12.0. The Kier molecular flexibility index (Phi) is 11.1. The molecule has 0 aliphatic heterocycles. The van der Waals surface area contributed by atoms with Gasteiger partial charge in [0.25, 0.3) is 0 Å². The number of esters is 1. The lowest BCUT2D eigenvalue weighted by atomic mass is 9.95. The van der Waals surface area contributed by atoms with Crippen LogP contribution in [0.5, 0.6) is 0 Å². The third kappa shape index (κ3) is 9.33. The number of carbonyl (C=O) groups is 4. The van der Waals surface area contributed by atoms with E-state index >= 15 is 0 Å². The zero-order valence-corrected chi connectivity index (χ0v) is 25.9. The molecule has 4 unspecified atom stereocenters. The number of nitrogens with one attached hydrogen (secondary N) is 2. The van der Waals surface area contributed by atoms with Gasteiger partial charge in [-0.25, -0.2) is 4.79 Å². The molecule has 0 radical (unpaired) electrons. The number of hydrogen-bond acceptors (Lipinski definition) is 6. The molecule has 228 valence electrons. The minimum absolute atomic E-state index is 0.0176. The number of rotatable bonds is 12. The van der Waals surface area contributed by atoms with Crippen LogP contribution in [0.4, 0.5) is 4.79 Å². The first-order chi connectivity index (χ1) is 19.8. The molecule has 2 aromatic carbocycles. The highest BCUT2D eigenvalue weighted by molar-refractivity contribution is 5.93. The molecule has 9 nitrogen and oxygen atoms in total. The maximum absolute atomic E-state index is 14.6. The van der Waals surface area contributed by atoms with Crippen LogP contribution in [0.25, 0.3) is 0 Å². The Labute approximate surface area is 249 Å². The fraction of sp³-hybridized carbons (Fsp3) is 0.515. The summed E-state index contributed by atoms with van der Waals surface area (Å²) in [6, 6.07) is 13.1. The van der Waals surface area contributed by atoms with Crippen molar-refractivity contribution < 1.29 is 28.7 Å². The summed E-state index contributed by atoms with van der Waals surface area (Å²) >= 11 is 0. The molecular formula is C33H45N3O6. The number of aryl methyl sites for hydroxylation is 2.